The lowest BCUT2D eigenvalue weighted by molar-refractivity contribution is 0.0589. The van der Waals surface area contributed by atoms with Crippen LogP contribution in [0, 0.1) is 5.82 Å². The summed E-state index contributed by atoms with van der Waals surface area (Å²) in [5.41, 5.74) is 3.72. The number of rotatable bonds is 7. The van der Waals surface area contributed by atoms with Crippen molar-refractivity contribution in [3.63, 3.8) is 0 Å². The number of nitrogens with zero attached hydrogens (tertiary/aromatic N) is 1. The number of ether oxygens (including phenoxy) is 3. The van der Waals surface area contributed by atoms with Crippen molar-refractivity contribution in [2.24, 2.45) is 0 Å². The Hall–Kier alpha value is -3.54. The van der Waals surface area contributed by atoms with E-state index in [1.54, 1.807) is 19.1 Å². The molecule has 3 aromatic carbocycles. The number of halogens is 1. The lowest BCUT2D eigenvalue weighted by Gasteiger charge is -2.37. The third-order valence-electron chi connectivity index (χ3n) is 6.09. The van der Waals surface area contributed by atoms with E-state index >= 15 is 0 Å². The Morgan fingerprint density at radius 2 is 1.67 bits per heavy atom. The number of carbonyl (C=O) groups is 1. The van der Waals surface area contributed by atoms with Gasteiger partial charge in [0, 0.05) is 12.1 Å². The molecule has 0 N–H and O–H groups in total. The molecule has 0 aliphatic carbocycles. The first-order valence-electron chi connectivity index (χ1n) is 11.1. The lowest BCUT2D eigenvalue weighted by Crippen LogP contribution is -2.42. The largest absolute Gasteiger partial charge is 0.493 e. The highest BCUT2D eigenvalue weighted by Crippen LogP contribution is 2.39. The Balaban J connectivity index is 1.68. The van der Waals surface area contributed by atoms with Gasteiger partial charge < -0.3 is 19.1 Å². The highest BCUT2D eigenvalue weighted by molar-refractivity contribution is 5.94. The molecule has 4 rings (SSSR count). The summed E-state index contributed by atoms with van der Waals surface area (Å²) < 4.78 is 30.5. The molecule has 1 atom stereocenters. The molecule has 33 heavy (non-hydrogen) atoms. The van der Waals surface area contributed by atoms with Crippen molar-refractivity contribution in [3.8, 4) is 17.2 Å². The molecule has 0 aromatic heterocycles. The third kappa shape index (κ3) is 4.80. The van der Waals surface area contributed by atoms with E-state index < -0.39 is 0 Å². The molecule has 0 saturated heterocycles. The van der Waals surface area contributed by atoms with E-state index in [0.29, 0.717) is 30.0 Å². The summed E-state index contributed by atoms with van der Waals surface area (Å²) in [4.78, 5) is 15.2. The normalized spacial score (nSPS) is 15.0. The van der Waals surface area contributed by atoms with Gasteiger partial charge in [-0.15, -0.1) is 0 Å². The minimum atomic E-state index is -0.372. The van der Waals surface area contributed by atoms with E-state index in [2.05, 4.69) is 6.92 Å². The topological polar surface area (TPSA) is 48.0 Å². The molecule has 0 fully saturated rings. The van der Waals surface area contributed by atoms with Gasteiger partial charge in [0.15, 0.2) is 11.5 Å². The first-order chi connectivity index (χ1) is 16.0. The minimum Gasteiger partial charge on any atom is -0.493 e. The monoisotopic (exact) mass is 449 g/mol. The smallest absolute Gasteiger partial charge is 0.254 e. The Morgan fingerprint density at radius 3 is 2.30 bits per heavy atom. The van der Waals surface area contributed by atoms with Crippen LogP contribution in [0.25, 0.3) is 0 Å². The molecule has 1 aliphatic rings. The van der Waals surface area contributed by atoms with Gasteiger partial charge in [-0.25, -0.2) is 4.39 Å². The Kier molecular flexibility index (Phi) is 6.82. The number of hydrogen-bond acceptors (Lipinski definition) is 4. The van der Waals surface area contributed by atoms with E-state index in [4.69, 9.17) is 14.2 Å². The number of fused-ring (bicyclic) bond motifs is 1. The van der Waals surface area contributed by atoms with Gasteiger partial charge in [-0.3, -0.25) is 4.79 Å². The molecule has 0 spiro atoms. The number of methoxy groups -OCH3 is 2. The lowest BCUT2D eigenvalue weighted by atomic mass is 9.91. The zero-order valence-electron chi connectivity index (χ0n) is 19.1. The highest BCUT2D eigenvalue weighted by Gasteiger charge is 2.33. The molecular formula is C27H28FNO4. The molecule has 5 nitrogen and oxygen atoms in total. The van der Waals surface area contributed by atoms with Gasteiger partial charge in [0.2, 0.25) is 0 Å². The zero-order valence-corrected chi connectivity index (χ0v) is 19.1. The van der Waals surface area contributed by atoms with Gasteiger partial charge in [0.1, 0.15) is 18.2 Å². The zero-order chi connectivity index (χ0) is 23.4. The van der Waals surface area contributed by atoms with Gasteiger partial charge in [-0.05, 0) is 78.1 Å². The van der Waals surface area contributed by atoms with E-state index in [1.165, 1.54) is 29.8 Å². The van der Waals surface area contributed by atoms with E-state index in [0.717, 1.165) is 23.3 Å². The van der Waals surface area contributed by atoms with Crippen molar-refractivity contribution < 1.29 is 23.4 Å². The summed E-state index contributed by atoms with van der Waals surface area (Å²) in [6.45, 7) is 2.90. The maximum absolute atomic E-state index is 13.4. The maximum atomic E-state index is 13.4. The summed E-state index contributed by atoms with van der Waals surface area (Å²) in [6.07, 6.45) is 1.63. The van der Waals surface area contributed by atoms with Gasteiger partial charge in [0.05, 0.1) is 20.3 Å². The Morgan fingerprint density at radius 1 is 1.00 bits per heavy atom. The molecule has 0 radical (unpaired) electrons. The summed E-state index contributed by atoms with van der Waals surface area (Å²) in [5, 5.41) is 0. The van der Waals surface area contributed by atoms with E-state index in [-0.39, 0.29) is 24.4 Å². The van der Waals surface area contributed by atoms with Crippen molar-refractivity contribution in [2.75, 3.05) is 27.4 Å². The predicted octanol–water partition coefficient (Wildman–Crippen LogP) is 5.22. The highest BCUT2D eigenvalue weighted by atomic mass is 19.1. The summed E-state index contributed by atoms with van der Waals surface area (Å²) in [6, 6.07) is 17.2. The van der Waals surface area contributed by atoms with Crippen molar-refractivity contribution in [1.82, 2.24) is 4.90 Å². The van der Waals surface area contributed by atoms with Gasteiger partial charge >= 0.3 is 0 Å². The van der Waals surface area contributed by atoms with Gasteiger partial charge in [0.25, 0.3) is 5.91 Å². The molecule has 6 heteroatoms. The second kappa shape index (κ2) is 9.94. The second-order valence-electron chi connectivity index (χ2n) is 7.99. The number of hydrogen-bond donors (Lipinski definition) is 0. The molecule has 0 saturated carbocycles. The average molecular weight is 450 g/mol. The molecule has 1 aliphatic heterocycles. The molecule has 1 amide bonds. The van der Waals surface area contributed by atoms with Crippen molar-refractivity contribution >= 4 is 5.91 Å². The quantitative estimate of drug-likeness (QED) is 0.496. The van der Waals surface area contributed by atoms with Crippen molar-refractivity contribution in [3.05, 3.63) is 88.7 Å². The van der Waals surface area contributed by atoms with Crippen LogP contribution >= 0.6 is 0 Å². The Bertz CT molecular complexity index is 1110. The van der Waals surface area contributed by atoms with Crippen LogP contribution in [0.1, 0.15) is 40.0 Å². The summed E-state index contributed by atoms with van der Waals surface area (Å²) >= 11 is 0. The molecular weight excluding hydrogens is 421 g/mol. The Labute approximate surface area is 193 Å². The molecule has 1 heterocycles. The van der Waals surface area contributed by atoms with Crippen LogP contribution in [0.5, 0.6) is 17.2 Å². The predicted molar refractivity (Wildman–Crippen MR) is 125 cm³/mol. The first kappa shape index (κ1) is 22.6. The van der Waals surface area contributed by atoms with Crippen LogP contribution < -0.4 is 14.2 Å². The maximum Gasteiger partial charge on any atom is 0.254 e. The van der Waals surface area contributed by atoms with Crippen LogP contribution in [-0.2, 0) is 12.8 Å². The summed E-state index contributed by atoms with van der Waals surface area (Å²) in [5.74, 6) is 1.47. The molecule has 0 bridgehead atoms. The van der Waals surface area contributed by atoms with Crippen LogP contribution in [-0.4, -0.2) is 38.2 Å². The van der Waals surface area contributed by atoms with Crippen molar-refractivity contribution in [2.45, 2.75) is 25.8 Å². The fraction of sp³-hybridized carbons (Fsp3) is 0.296. The third-order valence-corrected chi connectivity index (χ3v) is 6.09. The SMILES string of the molecule is CCc1ccc(OC[C@@H]2c3cc(OC)c(OC)cc3CCN2C(=O)c2ccc(F)cc2)cc1. The second-order valence-corrected chi connectivity index (χ2v) is 7.99. The molecule has 0 unspecified atom stereocenters. The fourth-order valence-corrected chi connectivity index (χ4v) is 4.21. The average Bonchev–Trinajstić information content (AvgIpc) is 2.86. The van der Waals surface area contributed by atoms with Gasteiger partial charge in [-0.2, -0.15) is 0 Å². The fourth-order valence-electron chi connectivity index (χ4n) is 4.21. The van der Waals surface area contributed by atoms with Crippen LogP contribution in [0.4, 0.5) is 4.39 Å². The number of aryl methyl sites for hydroxylation is 1. The van der Waals surface area contributed by atoms with Crippen LogP contribution in [0.15, 0.2) is 60.7 Å². The number of carbonyl (C=O) groups excluding carboxylic acids is 1. The first-order valence-corrected chi connectivity index (χ1v) is 11.1. The van der Waals surface area contributed by atoms with Gasteiger partial charge in [-0.1, -0.05) is 19.1 Å². The van der Waals surface area contributed by atoms with E-state index in [1.807, 2.05) is 36.4 Å². The molecule has 3 aromatic rings. The standard InChI is InChI=1S/C27H28FNO4/c1-4-18-5-11-22(12-6-18)33-17-24-23-16-26(32-3)25(31-2)15-20(23)13-14-29(24)27(30)19-7-9-21(28)10-8-19/h5-12,15-16,24H,4,13-14,17H2,1-3H3/t24-/m1/s1. The number of amides is 1. The number of benzene rings is 3. The minimum absolute atomic E-state index is 0.162. The van der Waals surface area contributed by atoms with E-state index in [9.17, 15) is 9.18 Å². The van der Waals surface area contributed by atoms with Crippen LogP contribution in [0.3, 0.4) is 0 Å². The van der Waals surface area contributed by atoms with Crippen molar-refractivity contribution in [1.29, 1.82) is 0 Å². The molecule has 172 valence electrons. The summed E-state index contributed by atoms with van der Waals surface area (Å²) in [7, 11) is 3.20. The van der Waals surface area contributed by atoms with Crippen LogP contribution in [0.2, 0.25) is 0 Å².